The summed E-state index contributed by atoms with van der Waals surface area (Å²) in [6.45, 7) is 4.33. The van der Waals surface area contributed by atoms with Crippen LogP contribution in [0.25, 0.3) is 0 Å². The first-order valence-corrected chi connectivity index (χ1v) is 8.13. The predicted molar refractivity (Wildman–Crippen MR) is 95.4 cm³/mol. The highest BCUT2D eigenvalue weighted by molar-refractivity contribution is 6.45. The molecule has 0 amide bonds. The molecule has 2 N–H and O–H groups in total. The predicted octanol–water partition coefficient (Wildman–Crippen LogP) is 2.36. The SMILES string of the molecule is CB(O)NCCOc1cccc(OCCOCc2ccccc2)c1. The Bertz CT molecular complexity index is 580. The third kappa shape index (κ3) is 7.50. The minimum Gasteiger partial charge on any atom is -0.492 e. The van der Waals surface area contributed by atoms with Crippen molar-refractivity contribution in [2.24, 2.45) is 0 Å². The largest absolute Gasteiger partial charge is 0.492 e. The summed E-state index contributed by atoms with van der Waals surface area (Å²) in [5, 5.41) is 12.0. The maximum atomic E-state index is 9.11. The lowest BCUT2D eigenvalue weighted by Gasteiger charge is -2.10. The van der Waals surface area contributed by atoms with E-state index in [9.17, 15) is 0 Å². The third-order valence-corrected chi connectivity index (χ3v) is 3.22. The molecule has 6 heteroatoms. The molecule has 0 fully saturated rings. The van der Waals surface area contributed by atoms with Gasteiger partial charge in [-0.05, 0) is 24.5 Å². The molecule has 128 valence electrons. The number of nitrogens with one attached hydrogen (secondary N) is 1. The molecule has 0 aliphatic heterocycles. The van der Waals surface area contributed by atoms with E-state index in [1.54, 1.807) is 6.82 Å². The van der Waals surface area contributed by atoms with Crippen molar-refractivity contribution >= 4 is 7.05 Å². The summed E-state index contributed by atoms with van der Waals surface area (Å²) < 4.78 is 16.9. The highest BCUT2D eigenvalue weighted by Crippen LogP contribution is 2.19. The summed E-state index contributed by atoms with van der Waals surface area (Å²) in [4.78, 5) is 0. The third-order valence-electron chi connectivity index (χ3n) is 3.22. The fourth-order valence-corrected chi connectivity index (χ4v) is 2.07. The molecular weight excluding hydrogens is 305 g/mol. The normalized spacial score (nSPS) is 10.4. The Kier molecular flexibility index (Phi) is 8.17. The lowest BCUT2D eigenvalue weighted by atomic mass is 9.89. The van der Waals surface area contributed by atoms with Gasteiger partial charge in [0.05, 0.1) is 19.8 Å². The number of benzene rings is 2. The molecule has 0 bridgehead atoms. The molecular formula is C18H24BNO4. The van der Waals surface area contributed by atoms with E-state index in [0.29, 0.717) is 33.0 Å². The summed E-state index contributed by atoms with van der Waals surface area (Å²) in [5.41, 5.74) is 1.15. The van der Waals surface area contributed by atoms with Crippen LogP contribution in [0, 0.1) is 0 Å². The van der Waals surface area contributed by atoms with Crippen molar-refractivity contribution in [3.63, 3.8) is 0 Å². The van der Waals surface area contributed by atoms with Gasteiger partial charge in [-0.1, -0.05) is 36.4 Å². The monoisotopic (exact) mass is 329 g/mol. The van der Waals surface area contributed by atoms with Crippen molar-refractivity contribution in [1.82, 2.24) is 5.23 Å². The van der Waals surface area contributed by atoms with Gasteiger partial charge < -0.3 is 24.5 Å². The summed E-state index contributed by atoms with van der Waals surface area (Å²) in [7, 11) is -0.529. The summed E-state index contributed by atoms with van der Waals surface area (Å²) in [6, 6.07) is 17.6. The molecule has 2 aromatic rings. The topological polar surface area (TPSA) is 60.0 Å². The average molecular weight is 329 g/mol. The van der Waals surface area contributed by atoms with Crippen molar-refractivity contribution in [2.75, 3.05) is 26.4 Å². The second-order valence-electron chi connectivity index (χ2n) is 5.34. The minimum absolute atomic E-state index is 0.481. The van der Waals surface area contributed by atoms with Crippen LogP contribution in [0.2, 0.25) is 6.82 Å². The van der Waals surface area contributed by atoms with Crippen LogP contribution in [-0.2, 0) is 11.3 Å². The lowest BCUT2D eigenvalue weighted by Crippen LogP contribution is -2.33. The zero-order valence-corrected chi connectivity index (χ0v) is 14.0. The van der Waals surface area contributed by atoms with E-state index in [2.05, 4.69) is 5.23 Å². The highest BCUT2D eigenvalue weighted by atomic mass is 16.5. The number of hydrogen-bond acceptors (Lipinski definition) is 5. The van der Waals surface area contributed by atoms with Gasteiger partial charge in [-0.15, -0.1) is 0 Å². The van der Waals surface area contributed by atoms with Crippen LogP contribution in [0.3, 0.4) is 0 Å². The molecule has 5 nitrogen and oxygen atoms in total. The van der Waals surface area contributed by atoms with E-state index >= 15 is 0 Å². The first-order valence-electron chi connectivity index (χ1n) is 8.13. The Morgan fingerprint density at radius 2 is 1.62 bits per heavy atom. The van der Waals surface area contributed by atoms with E-state index in [0.717, 1.165) is 17.1 Å². The number of hydrogen-bond donors (Lipinski definition) is 2. The Hall–Kier alpha value is -2.02. The summed E-state index contributed by atoms with van der Waals surface area (Å²) >= 11 is 0. The molecule has 2 rings (SSSR count). The lowest BCUT2D eigenvalue weighted by molar-refractivity contribution is 0.0888. The van der Waals surface area contributed by atoms with Crippen LogP contribution in [0.4, 0.5) is 0 Å². The van der Waals surface area contributed by atoms with E-state index in [4.69, 9.17) is 19.2 Å². The summed E-state index contributed by atoms with van der Waals surface area (Å²) in [5.74, 6) is 1.49. The molecule has 0 aliphatic rings. The Morgan fingerprint density at radius 1 is 0.917 bits per heavy atom. The van der Waals surface area contributed by atoms with Crippen LogP contribution in [-0.4, -0.2) is 38.4 Å². The van der Waals surface area contributed by atoms with E-state index in [-0.39, 0.29) is 0 Å². The quantitative estimate of drug-likeness (QED) is 0.490. The average Bonchev–Trinajstić information content (AvgIpc) is 2.60. The molecule has 0 aliphatic carbocycles. The van der Waals surface area contributed by atoms with E-state index < -0.39 is 7.05 Å². The maximum absolute atomic E-state index is 9.11. The Balaban J connectivity index is 1.63. The molecule has 2 aromatic carbocycles. The van der Waals surface area contributed by atoms with Gasteiger partial charge in [0.1, 0.15) is 18.1 Å². The molecule has 0 saturated carbocycles. The molecule has 0 heterocycles. The fourth-order valence-electron chi connectivity index (χ4n) is 2.07. The highest BCUT2D eigenvalue weighted by Gasteiger charge is 2.01. The Labute approximate surface area is 143 Å². The first-order chi connectivity index (χ1) is 11.7. The molecule has 0 spiro atoms. The van der Waals surface area contributed by atoms with Gasteiger partial charge in [-0.25, -0.2) is 0 Å². The van der Waals surface area contributed by atoms with Crippen molar-refractivity contribution in [3.8, 4) is 11.5 Å². The van der Waals surface area contributed by atoms with Crippen molar-refractivity contribution in [1.29, 1.82) is 0 Å². The fraction of sp³-hybridized carbons (Fsp3) is 0.333. The van der Waals surface area contributed by atoms with Gasteiger partial charge in [-0.3, -0.25) is 0 Å². The van der Waals surface area contributed by atoms with E-state index in [1.807, 2.05) is 54.6 Å². The van der Waals surface area contributed by atoms with Crippen LogP contribution in [0.5, 0.6) is 11.5 Å². The summed E-state index contributed by atoms with van der Waals surface area (Å²) in [6.07, 6.45) is 0. The van der Waals surface area contributed by atoms with Gasteiger partial charge in [-0.2, -0.15) is 0 Å². The van der Waals surface area contributed by atoms with Crippen LogP contribution in [0.15, 0.2) is 54.6 Å². The second kappa shape index (κ2) is 10.7. The standard InChI is InChI=1S/C18H24BNO4/c1-19(21)20-10-11-23-17-8-5-9-18(14-17)24-13-12-22-15-16-6-3-2-4-7-16/h2-9,14,20-21H,10-13,15H2,1H3. The molecule has 0 atom stereocenters. The van der Waals surface area contributed by atoms with Crippen molar-refractivity contribution in [3.05, 3.63) is 60.2 Å². The molecule has 0 radical (unpaired) electrons. The van der Waals surface area contributed by atoms with Gasteiger partial charge in [0.2, 0.25) is 0 Å². The minimum atomic E-state index is -0.529. The molecule has 0 aromatic heterocycles. The van der Waals surface area contributed by atoms with Gasteiger partial charge in [0.15, 0.2) is 0 Å². The first kappa shape index (κ1) is 18.3. The zero-order chi connectivity index (χ0) is 17.0. The number of rotatable bonds is 11. The van der Waals surface area contributed by atoms with Gasteiger partial charge >= 0.3 is 7.05 Å². The van der Waals surface area contributed by atoms with E-state index in [1.165, 1.54) is 0 Å². The second-order valence-corrected chi connectivity index (χ2v) is 5.34. The van der Waals surface area contributed by atoms with Crippen molar-refractivity contribution < 1.29 is 19.2 Å². The van der Waals surface area contributed by atoms with Gasteiger partial charge in [0, 0.05) is 12.6 Å². The van der Waals surface area contributed by atoms with Crippen LogP contribution in [0.1, 0.15) is 5.56 Å². The van der Waals surface area contributed by atoms with Crippen molar-refractivity contribution in [2.45, 2.75) is 13.4 Å². The molecule has 0 saturated heterocycles. The maximum Gasteiger partial charge on any atom is 0.373 e. The molecule has 24 heavy (non-hydrogen) atoms. The van der Waals surface area contributed by atoms with Crippen LogP contribution >= 0.6 is 0 Å². The smallest absolute Gasteiger partial charge is 0.373 e. The Morgan fingerprint density at radius 3 is 2.33 bits per heavy atom. The number of ether oxygens (including phenoxy) is 3. The van der Waals surface area contributed by atoms with Crippen LogP contribution < -0.4 is 14.7 Å². The molecule has 0 unspecified atom stereocenters. The zero-order valence-electron chi connectivity index (χ0n) is 14.0. The van der Waals surface area contributed by atoms with Gasteiger partial charge in [0.25, 0.3) is 0 Å².